The van der Waals surface area contributed by atoms with E-state index in [9.17, 15) is 0 Å². The molecule has 1 N–H and O–H groups in total. The topological polar surface area (TPSA) is 12.0 Å². The minimum Gasteiger partial charge on any atom is -0.313 e. The van der Waals surface area contributed by atoms with E-state index >= 15 is 0 Å². The zero-order valence-corrected chi connectivity index (χ0v) is 7.71. The second kappa shape index (κ2) is 4.24. The van der Waals surface area contributed by atoms with Crippen LogP contribution in [0.15, 0.2) is 0 Å². The van der Waals surface area contributed by atoms with Crippen molar-refractivity contribution in [1.29, 1.82) is 0 Å². The molecule has 1 atom stereocenters. The van der Waals surface area contributed by atoms with Crippen molar-refractivity contribution in [3.8, 4) is 0 Å². The van der Waals surface area contributed by atoms with Crippen LogP contribution < -0.4 is 5.32 Å². The van der Waals surface area contributed by atoms with Crippen LogP contribution >= 0.6 is 11.8 Å². The summed E-state index contributed by atoms with van der Waals surface area (Å²) in [5.74, 6) is 2.26. The van der Waals surface area contributed by atoms with E-state index in [-0.39, 0.29) is 0 Å². The molecule has 0 aromatic heterocycles. The smallest absolute Gasteiger partial charge is 0.0129 e. The van der Waals surface area contributed by atoms with Crippen LogP contribution in [0.2, 0.25) is 0 Å². The van der Waals surface area contributed by atoms with Crippen LogP contribution in [-0.2, 0) is 0 Å². The van der Waals surface area contributed by atoms with Gasteiger partial charge in [-0.25, -0.2) is 0 Å². The van der Waals surface area contributed by atoms with Crippen LogP contribution in [0.1, 0.15) is 19.8 Å². The van der Waals surface area contributed by atoms with Crippen molar-refractivity contribution in [2.24, 2.45) is 5.92 Å². The maximum Gasteiger partial charge on any atom is 0.0129 e. The molecule has 0 aromatic carbocycles. The molecule has 0 amide bonds. The van der Waals surface area contributed by atoms with Gasteiger partial charge in [-0.2, -0.15) is 11.8 Å². The average Bonchev–Trinajstić information content (AvgIpc) is 2.67. The number of hydrogen-bond donors (Lipinski definition) is 1. The van der Waals surface area contributed by atoms with Gasteiger partial charge in [0, 0.05) is 11.8 Å². The predicted octanol–water partition coefficient (Wildman–Crippen LogP) is 1.74. The largest absolute Gasteiger partial charge is 0.313 e. The van der Waals surface area contributed by atoms with Gasteiger partial charge in [-0.3, -0.25) is 0 Å². The molecule has 1 aliphatic carbocycles. The molecule has 0 bridgehead atoms. The minimum absolute atomic E-state index is 0.704. The van der Waals surface area contributed by atoms with Crippen LogP contribution in [0.25, 0.3) is 0 Å². The molecule has 1 saturated carbocycles. The summed E-state index contributed by atoms with van der Waals surface area (Å²) >= 11 is 1.92. The van der Waals surface area contributed by atoms with Crippen molar-refractivity contribution < 1.29 is 0 Å². The first-order valence-corrected chi connectivity index (χ1v) is 5.44. The van der Waals surface area contributed by atoms with Gasteiger partial charge in [-0.1, -0.05) is 0 Å². The lowest BCUT2D eigenvalue weighted by Gasteiger charge is -2.10. The fourth-order valence-electron chi connectivity index (χ4n) is 0.999. The van der Waals surface area contributed by atoms with Crippen molar-refractivity contribution in [3.05, 3.63) is 0 Å². The highest BCUT2D eigenvalue weighted by Gasteiger charge is 2.20. The normalized spacial score (nSPS) is 21.0. The van der Waals surface area contributed by atoms with Crippen molar-refractivity contribution in [3.63, 3.8) is 0 Å². The number of thioether (sulfide) groups is 1. The highest BCUT2D eigenvalue weighted by Crippen LogP contribution is 2.27. The van der Waals surface area contributed by atoms with Crippen molar-refractivity contribution in [2.45, 2.75) is 25.8 Å². The summed E-state index contributed by atoms with van der Waals surface area (Å²) in [4.78, 5) is 0. The Morgan fingerprint density at radius 1 is 1.60 bits per heavy atom. The van der Waals surface area contributed by atoms with E-state index in [2.05, 4.69) is 18.5 Å². The van der Waals surface area contributed by atoms with E-state index < -0.39 is 0 Å². The summed E-state index contributed by atoms with van der Waals surface area (Å²) in [6.45, 7) is 3.51. The van der Waals surface area contributed by atoms with Crippen LogP contribution in [0.4, 0.5) is 0 Å². The highest BCUT2D eigenvalue weighted by atomic mass is 32.2. The van der Waals surface area contributed by atoms with Gasteiger partial charge in [0.05, 0.1) is 0 Å². The Labute approximate surface area is 68.0 Å². The Kier molecular flexibility index (Phi) is 3.57. The summed E-state index contributed by atoms with van der Waals surface area (Å²) in [5.41, 5.74) is 0. The summed E-state index contributed by atoms with van der Waals surface area (Å²) < 4.78 is 0. The first-order chi connectivity index (χ1) is 4.83. The van der Waals surface area contributed by atoms with Crippen LogP contribution in [-0.4, -0.2) is 24.6 Å². The van der Waals surface area contributed by atoms with Gasteiger partial charge in [0.2, 0.25) is 0 Å². The fourth-order valence-corrected chi connectivity index (χ4v) is 1.62. The van der Waals surface area contributed by atoms with E-state index in [0.29, 0.717) is 6.04 Å². The molecule has 1 nitrogen and oxygen atoms in total. The van der Waals surface area contributed by atoms with E-state index in [1.807, 2.05) is 11.8 Å². The van der Waals surface area contributed by atoms with Crippen molar-refractivity contribution >= 4 is 11.8 Å². The molecule has 1 rings (SSSR count). The highest BCUT2D eigenvalue weighted by molar-refractivity contribution is 7.98. The number of rotatable bonds is 5. The zero-order chi connectivity index (χ0) is 7.40. The minimum atomic E-state index is 0.704. The third kappa shape index (κ3) is 3.47. The molecule has 0 spiro atoms. The van der Waals surface area contributed by atoms with E-state index in [1.165, 1.54) is 25.1 Å². The zero-order valence-electron chi connectivity index (χ0n) is 6.89. The molecular weight excluding hydrogens is 142 g/mol. The van der Waals surface area contributed by atoms with Crippen molar-refractivity contribution in [1.82, 2.24) is 5.32 Å². The van der Waals surface area contributed by atoms with Gasteiger partial charge in [0.1, 0.15) is 0 Å². The molecule has 2 heteroatoms. The fraction of sp³-hybridized carbons (Fsp3) is 1.00. The lowest BCUT2D eigenvalue weighted by atomic mass is 10.3. The van der Waals surface area contributed by atoms with Crippen LogP contribution in [0.5, 0.6) is 0 Å². The van der Waals surface area contributed by atoms with E-state index in [4.69, 9.17) is 0 Å². The second-order valence-corrected chi connectivity index (χ2v) is 4.12. The quantitative estimate of drug-likeness (QED) is 0.656. The monoisotopic (exact) mass is 159 g/mol. The second-order valence-electron chi connectivity index (χ2n) is 3.21. The molecule has 0 heterocycles. The Morgan fingerprint density at radius 2 is 2.30 bits per heavy atom. The average molecular weight is 159 g/mol. The van der Waals surface area contributed by atoms with Gasteiger partial charge < -0.3 is 5.32 Å². The third-order valence-corrected chi connectivity index (χ3v) is 2.70. The SMILES string of the molecule is CSCC(C)NCC1CC1. The molecule has 0 radical (unpaired) electrons. The van der Waals surface area contributed by atoms with Gasteiger partial charge >= 0.3 is 0 Å². The first-order valence-electron chi connectivity index (χ1n) is 4.05. The maximum absolute atomic E-state index is 3.52. The molecule has 1 fully saturated rings. The molecule has 10 heavy (non-hydrogen) atoms. The van der Waals surface area contributed by atoms with E-state index in [1.54, 1.807) is 0 Å². The summed E-state index contributed by atoms with van der Waals surface area (Å²) in [7, 11) is 0. The summed E-state index contributed by atoms with van der Waals surface area (Å²) in [5, 5.41) is 3.52. The van der Waals surface area contributed by atoms with Crippen molar-refractivity contribution in [2.75, 3.05) is 18.6 Å². The molecule has 60 valence electrons. The summed E-state index contributed by atoms with van der Waals surface area (Å²) in [6, 6.07) is 0.704. The third-order valence-electron chi connectivity index (χ3n) is 1.87. The summed E-state index contributed by atoms with van der Waals surface area (Å²) in [6.07, 6.45) is 5.08. The first kappa shape index (κ1) is 8.41. The molecular formula is C8H17NS. The molecule has 0 aromatic rings. The van der Waals surface area contributed by atoms with Crippen LogP contribution in [0.3, 0.4) is 0 Å². The lowest BCUT2D eigenvalue weighted by Crippen LogP contribution is -2.29. The Bertz CT molecular complexity index is 91.3. The lowest BCUT2D eigenvalue weighted by molar-refractivity contribution is 0.567. The molecule has 1 aliphatic rings. The van der Waals surface area contributed by atoms with Gasteiger partial charge in [-0.05, 0) is 38.5 Å². The Balaban J connectivity index is 1.89. The van der Waals surface area contributed by atoms with Gasteiger partial charge in [0.25, 0.3) is 0 Å². The molecule has 0 aliphatic heterocycles. The maximum atomic E-state index is 3.52. The standard InChI is InChI=1S/C8H17NS/c1-7(6-10-2)9-5-8-3-4-8/h7-9H,3-6H2,1-2H3. The molecule has 0 saturated heterocycles. The van der Waals surface area contributed by atoms with E-state index in [0.717, 1.165) is 5.92 Å². The van der Waals surface area contributed by atoms with Crippen LogP contribution in [0, 0.1) is 5.92 Å². The Morgan fingerprint density at radius 3 is 2.80 bits per heavy atom. The van der Waals surface area contributed by atoms with Gasteiger partial charge in [0.15, 0.2) is 0 Å². The number of nitrogens with one attached hydrogen (secondary N) is 1. The number of hydrogen-bond acceptors (Lipinski definition) is 2. The molecule has 1 unspecified atom stereocenters. The Hall–Kier alpha value is 0.310. The predicted molar refractivity (Wildman–Crippen MR) is 48.6 cm³/mol. The van der Waals surface area contributed by atoms with Gasteiger partial charge in [-0.15, -0.1) is 0 Å².